The topological polar surface area (TPSA) is 99.3 Å². The fourth-order valence-electron chi connectivity index (χ4n) is 4.40. The van der Waals surface area contributed by atoms with Gasteiger partial charge in [0, 0.05) is 43.6 Å². The fraction of sp³-hybridized carbons (Fsp3) is 0.571. The van der Waals surface area contributed by atoms with Crippen molar-refractivity contribution in [3.8, 4) is 0 Å². The van der Waals surface area contributed by atoms with Crippen LogP contribution in [-0.2, 0) is 10.0 Å². The minimum atomic E-state index is -3.53. The number of likely N-dealkylation sites (tertiary alicyclic amines) is 1. The minimum absolute atomic E-state index is 0.108. The van der Waals surface area contributed by atoms with Gasteiger partial charge in [-0.15, -0.1) is 0 Å². The summed E-state index contributed by atoms with van der Waals surface area (Å²) in [5, 5.41) is 7.43. The average Bonchev–Trinajstić information content (AvgIpc) is 3.26. The lowest BCUT2D eigenvalue weighted by Crippen LogP contribution is -2.38. The Kier molecular flexibility index (Phi) is 5.10. The zero-order valence-corrected chi connectivity index (χ0v) is 17.8. The van der Waals surface area contributed by atoms with Crippen LogP contribution < -0.4 is 0 Å². The number of sulfonamides is 1. The molecule has 160 valence electrons. The molecule has 30 heavy (non-hydrogen) atoms. The van der Waals surface area contributed by atoms with E-state index in [4.69, 9.17) is 0 Å². The second-order valence-corrected chi connectivity index (χ2v) is 10.5. The van der Waals surface area contributed by atoms with Gasteiger partial charge < -0.3 is 4.90 Å². The van der Waals surface area contributed by atoms with E-state index in [0.717, 1.165) is 37.3 Å². The van der Waals surface area contributed by atoms with Crippen molar-refractivity contribution in [1.82, 2.24) is 24.4 Å². The van der Waals surface area contributed by atoms with E-state index in [1.807, 2.05) is 4.90 Å². The maximum absolute atomic E-state index is 13.0. The molecule has 2 saturated heterocycles. The lowest BCUT2D eigenvalue weighted by atomic mass is 9.95. The largest absolute Gasteiger partial charge is 0.339 e. The van der Waals surface area contributed by atoms with Gasteiger partial charge in [-0.1, -0.05) is 6.07 Å². The lowest BCUT2D eigenvalue weighted by molar-refractivity contribution is 0.0711. The first-order valence-electron chi connectivity index (χ1n) is 10.8. The quantitative estimate of drug-likeness (QED) is 0.787. The van der Waals surface area contributed by atoms with Gasteiger partial charge in [-0.05, 0) is 56.7 Å². The minimum Gasteiger partial charge on any atom is -0.339 e. The summed E-state index contributed by atoms with van der Waals surface area (Å²) in [7, 11) is -3.53. The smallest absolute Gasteiger partial charge is 0.253 e. The Labute approximate surface area is 176 Å². The van der Waals surface area contributed by atoms with Crippen molar-refractivity contribution in [2.75, 3.05) is 26.2 Å². The number of piperidine rings is 1. The van der Waals surface area contributed by atoms with Gasteiger partial charge >= 0.3 is 0 Å². The molecule has 9 heteroatoms. The molecular weight excluding hydrogens is 402 g/mol. The average molecular weight is 430 g/mol. The number of rotatable bonds is 5. The molecule has 0 radical (unpaired) electrons. The van der Waals surface area contributed by atoms with E-state index in [9.17, 15) is 13.2 Å². The first-order valence-corrected chi connectivity index (χ1v) is 12.3. The number of aromatic nitrogens is 3. The van der Waals surface area contributed by atoms with Crippen molar-refractivity contribution in [3.63, 3.8) is 0 Å². The van der Waals surface area contributed by atoms with E-state index in [-0.39, 0.29) is 16.7 Å². The lowest BCUT2D eigenvalue weighted by Gasteiger charge is -2.31. The molecule has 3 aliphatic rings. The molecule has 0 unspecified atom stereocenters. The van der Waals surface area contributed by atoms with Crippen LogP contribution in [0.4, 0.5) is 0 Å². The number of carbonyl (C=O) groups excluding carboxylic acids is 1. The second kappa shape index (κ2) is 7.77. The molecule has 1 saturated carbocycles. The number of H-pyrrole nitrogens is 1. The van der Waals surface area contributed by atoms with Crippen LogP contribution in [0.2, 0.25) is 0 Å². The zero-order chi connectivity index (χ0) is 20.7. The first-order chi connectivity index (χ1) is 14.5. The van der Waals surface area contributed by atoms with E-state index in [1.165, 1.54) is 23.2 Å². The van der Waals surface area contributed by atoms with Crippen LogP contribution in [0.3, 0.4) is 0 Å². The van der Waals surface area contributed by atoms with Crippen molar-refractivity contribution in [2.24, 2.45) is 0 Å². The van der Waals surface area contributed by atoms with Gasteiger partial charge in [0.15, 0.2) is 5.82 Å². The summed E-state index contributed by atoms with van der Waals surface area (Å²) in [6, 6.07) is 6.48. The van der Waals surface area contributed by atoms with Crippen LogP contribution in [0.15, 0.2) is 29.2 Å². The number of aromatic amines is 1. The second-order valence-electron chi connectivity index (χ2n) is 8.56. The summed E-state index contributed by atoms with van der Waals surface area (Å²) in [6.45, 7) is 2.37. The molecule has 3 heterocycles. The fourth-order valence-corrected chi connectivity index (χ4v) is 5.96. The number of carbonyl (C=O) groups is 1. The highest BCUT2D eigenvalue weighted by molar-refractivity contribution is 7.89. The Balaban J connectivity index is 1.25. The molecule has 5 rings (SSSR count). The molecule has 1 aromatic heterocycles. The molecule has 0 spiro atoms. The molecule has 1 aromatic carbocycles. The summed E-state index contributed by atoms with van der Waals surface area (Å²) in [5.74, 6) is 2.57. The third-order valence-electron chi connectivity index (χ3n) is 6.42. The number of nitrogens with one attached hydrogen (secondary N) is 1. The number of amides is 1. The van der Waals surface area contributed by atoms with Gasteiger partial charge in [-0.2, -0.15) is 9.40 Å². The Morgan fingerprint density at radius 3 is 2.43 bits per heavy atom. The Bertz CT molecular complexity index is 1030. The van der Waals surface area contributed by atoms with Gasteiger partial charge in [-0.3, -0.25) is 9.89 Å². The summed E-state index contributed by atoms with van der Waals surface area (Å²) in [4.78, 5) is 19.7. The van der Waals surface area contributed by atoms with Crippen LogP contribution in [0, 0.1) is 0 Å². The molecule has 2 aliphatic heterocycles. The van der Waals surface area contributed by atoms with Gasteiger partial charge in [0.25, 0.3) is 5.91 Å². The first kappa shape index (κ1) is 19.7. The normalized spacial score (nSPS) is 21.3. The number of benzene rings is 1. The van der Waals surface area contributed by atoms with E-state index < -0.39 is 10.0 Å². The molecule has 8 nitrogen and oxygen atoms in total. The maximum Gasteiger partial charge on any atom is 0.253 e. The van der Waals surface area contributed by atoms with Crippen molar-refractivity contribution < 1.29 is 13.2 Å². The van der Waals surface area contributed by atoms with Gasteiger partial charge in [0.05, 0.1) is 4.90 Å². The molecule has 3 fully saturated rings. The molecule has 0 bridgehead atoms. The molecule has 0 atom stereocenters. The highest BCUT2D eigenvalue weighted by atomic mass is 32.2. The van der Waals surface area contributed by atoms with Crippen LogP contribution in [0.25, 0.3) is 0 Å². The Hall–Kier alpha value is -2.26. The molecule has 1 amide bonds. The standard InChI is InChI=1S/C21H27N5O3S/c27-21(17-4-3-5-18(14-17)30(28,29)26-10-1-2-11-26)25-12-8-16(9-13-25)20-22-19(23-24-20)15-6-7-15/h3-5,14-16H,1-2,6-13H2,(H,22,23,24). The highest BCUT2D eigenvalue weighted by Gasteiger charge is 2.32. The van der Waals surface area contributed by atoms with E-state index in [1.54, 1.807) is 18.2 Å². The van der Waals surface area contributed by atoms with Crippen LogP contribution in [0.5, 0.6) is 0 Å². The van der Waals surface area contributed by atoms with Crippen LogP contribution >= 0.6 is 0 Å². The van der Waals surface area contributed by atoms with Gasteiger partial charge in [-0.25, -0.2) is 13.4 Å². The van der Waals surface area contributed by atoms with Gasteiger partial charge in [0.2, 0.25) is 10.0 Å². The van der Waals surface area contributed by atoms with E-state index >= 15 is 0 Å². The van der Waals surface area contributed by atoms with E-state index in [0.29, 0.717) is 37.7 Å². The van der Waals surface area contributed by atoms with Crippen molar-refractivity contribution >= 4 is 15.9 Å². The predicted octanol–water partition coefficient (Wildman–Crippen LogP) is 2.49. The zero-order valence-electron chi connectivity index (χ0n) is 17.0. The Morgan fingerprint density at radius 2 is 1.73 bits per heavy atom. The van der Waals surface area contributed by atoms with Crippen LogP contribution in [-0.4, -0.2) is 64.9 Å². The molecule has 1 aliphatic carbocycles. The third-order valence-corrected chi connectivity index (χ3v) is 8.31. The molecular formula is C21H27N5O3S. The monoisotopic (exact) mass is 429 g/mol. The van der Waals surface area contributed by atoms with Crippen molar-refractivity contribution in [2.45, 2.75) is 55.3 Å². The number of hydrogen-bond donors (Lipinski definition) is 1. The Morgan fingerprint density at radius 1 is 1.00 bits per heavy atom. The van der Waals surface area contributed by atoms with Crippen LogP contribution in [0.1, 0.15) is 72.4 Å². The van der Waals surface area contributed by atoms with Gasteiger partial charge in [0.1, 0.15) is 5.82 Å². The SMILES string of the molecule is O=C(c1cccc(S(=O)(=O)N2CCCC2)c1)N1CCC(c2nc(C3CC3)n[nH]2)CC1. The predicted molar refractivity (Wildman–Crippen MR) is 111 cm³/mol. The maximum atomic E-state index is 13.0. The summed E-state index contributed by atoms with van der Waals surface area (Å²) in [5.41, 5.74) is 0.435. The van der Waals surface area contributed by atoms with Crippen molar-refractivity contribution in [3.05, 3.63) is 41.5 Å². The summed E-state index contributed by atoms with van der Waals surface area (Å²) < 4.78 is 27.2. The van der Waals surface area contributed by atoms with Crippen molar-refractivity contribution in [1.29, 1.82) is 0 Å². The molecule has 1 N–H and O–H groups in total. The highest BCUT2D eigenvalue weighted by Crippen LogP contribution is 2.38. The third kappa shape index (κ3) is 3.76. The summed E-state index contributed by atoms with van der Waals surface area (Å²) >= 11 is 0. The van der Waals surface area contributed by atoms with E-state index in [2.05, 4.69) is 15.2 Å². The molecule has 2 aromatic rings. The summed E-state index contributed by atoms with van der Waals surface area (Å²) in [6.07, 6.45) is 5.79. The number of nitrogens with zero attached hydrogens (tertiary/aromatic N) is 4. The number of hydrogen-bond acceptors (Lipinski definition) is 5.